The highest BCUT2D eigenvalue weighted by molar-refractivity contribution is 5.78. The fourth-order valence-corrected chi connectivity index (χ4v) is 3.25. The van der Waals surface area contributed by atoms with Crippen LogP contribution in [-0.2, 0) is 11.3 Å². The van der Waals surface area contributed by atoms with E-state index in [2.05, 4.69) is 48.9 Å². The highest BCUT2D eigenvalue weighted by Crippen LogP contribution is 2.30. The van der Waals surface area contributed by atoms with Gasteiger partial charge >= 0.3 is 0 Å². The average Bonchev–Trinajstić information content (AvgIpc) is 2.64. The Bertz CT molecular complexity index is 638. The van der Waals surface area contributed by atoms with E-state index in [1.54, 1.807) is 14.2 Å². The first-order chi connectivity index (χ1) is 12.8. The van der Waals surface area contributed by atoms with Gasteiger partial charge in [0.25, 0.3) is 0 Å². The molecule has 152 valence electrons. The predicted molar refractivity (Wildman–Crippen MR) is 109 cm³/mol. The summed E-state index contributed by atoms with van der Waals surface area (Å²) in [4.78, 5) is 16.9. The standard InChI is InChI=1S/C21H35N3O3/c1-7-21(3,4)22-20(25)15-24-10-8-23(9-11-24)14-17-13-19(27-6)18(26-5)12-16(17)2/h12-13H,7-11,14-15H2,1-6H3,(H,22,25). The molecular formula is C21H35N3O3. The van der Waals surface area contributed by atoms with E-state index in [-0.39, 0.29) is 11.4 Å². The molecule has 1 aromatic carbocycles. The van der Waals surface area contributed by atoms with Gasteiger partial charge in [0.05, 0.1) is 20.8 Å². The molecule has 1 N–H and O–H groups in total. The van der Waals surface area contributed by atoms with Crippen LogP contribution in [0.2, 0.25) is 0 Å². The number of piperazine rings is 1. The monoisotopic (exact) mass is 377 g/mol. The third-order valence-corrected chi connectivity index (χ3v) is 5.43. The van der Waals surface area contributed by atoms with Gasteiger partial charge in [-0.05, 0) is 50.5 Å². The van der Waals surface area contributed by atoms with Crippen molar-refractivity contribution >= 4 is 5.91 Å². The molecule has 0 saturated carbocycles. The molecule has 2 rings (SSSR count). The molecule has 27 heavy (non-hydrogen) atoms. The van der Waals surface area contributed by atoms with Crippen LogP contribution in [-0.4, -0.2) is 68.2 Å². The summed E-state index contributed by atoms with van der Waals surface area (Å²) in [6.07, 6.45) is 0.928. The minimum atomic E-state index is -0.135. The van der Waals surface area contributed by atoms with E-state index in [4.69, 9.17) is 9.47 Å². The van der Waals surface area contributed by atoms with Crippen LogP contribution in [0.15, 0.2) is 12.1 Å². The normalized spacial score (nSPS) is 16.2. The van der Waals surface area contributed by atoms with E-state index >= 15 is 0 Å². The summed E-state index contributed by atoms with van der Waals surface area (Å²) >= 11 is 0. The zero-order valence-electron chi connectivity index (χ0n) is 17.7. The average molecular weight is 378 g/mol. The molecule has 6 nitrogen and oxygen atoms in total. The largest absolute Gasteiger partial charge is 0.493 e. The lowest BCUT2D eigenvalue weighted by molar-refractivity contribution is -0.124. The van der Waals surface area contributed by atoms with Crippen molar-refractivity contribution in [1.82, 2.24) is 15.1 Å². The fourth-order valence-electron chi connectivity index (χ4n) is 3.25. The molecule has 1 aliphatic heterocycles. The smallest absolute Gasteiger partial charge is 0.234 e. The van der Waals surface area contributed by atoms with Gasteiger partial charge in [-0.2, -0.15) is 0 Å². The number of nitrogens with one attached hydrogen (secondary N) is 1. The van der Waals surface area contributed by atoms with Crippen molar-refractivity contribution in [2.75, 3.05) is 46.9 Å². The summed E-state index contributed by atoms with van der Waals surface area (Å²) in [5, 5.41) is 3.12. The third-order valence-electron chi connectivity index (χ3n) is 5.43. The Hall–Kier alpha value is -1.79. The Labute approximate surface area is 163 Å². The van der Waals surface area contributed by atoms with Crippen LogP contribution in [0.25, 0.3) is 0 Å². The molecule has 0 aromatic heterocycles. The van der Waals surface area contributed by atoms with Crippen LogP contribution in [0.5, 0.6) is 11.5 Å². The second kappa shape index (κ2) is 9.42. The van der Waals surface area contributed by atoms with Gasteiger partial charge in [-0.25, -0.2) is 0 Å². The number of aryl methyl sites for hydroxylation is 1. The number of amides is 1. The topological polar surface area (TPSA) is 54.0 Å². The van der Waals surface area contributed by atoms with Crippen molar-refractivity contribution in [2.24, 2.45) is 0 Å². The number of hydrogen-bond acceptors (Lipinski definition) is 5. The Morgan fingerprint density at radius 1 is 1.07 bits per heavy atom. The van der Waals surface area contributed by atoms with E-state index < -0.39 is 0 Å². The molecule has 1 heterocycles. The van der Waals surface area contributed by atoms with Crippen molar-refractivity contribution in [2.45, 2.75) is 46.2 Å². The number of methoxy groups -OCH3 is 2. The van der Waals surface area contributed by atoms with Gasteiger partial charge in [0.15, 0.2) is 11.5 Å². The maximum absolute atomic E-state index is 12.2. The first-order valence-corrected chi connectivity index (χ1v) is 9.75. The number of rotatable bonds is 8. The quantitative estimate of drug-likeness (QED) is 0.754. The second-order valence-corrected chi connectivity index (χ2v) is 7.97. The summed E-state index contributed by atoms with van der Waals surface area (Å²) in [6, 6.07) is 4.10. The molecular weight excluding hydrogens is 342 g/mol. The van der Waals surface area contributed by atoms with Crippen molar-refractivity contribution < 1.29 is 14.3 Å². The zero-order chi connectivity index (χ0) is 20.0. The van der Waals surface area contributed by atoms with E-state index in [9.17, 15) is 4.79 Å². The number of benzene rings is 1. The molecule has 0 unspecified atom stereocenters. The number of ether oxygens (including phenoxy) is 2. The minimum Gasteiger partial charge on any atom is -0.493 e. The summed E-state index contributed by atoms with van der Waals surface area (Å²) in [5.74, 6) is 1.66. The van der Waals surface area contributed by atoms with Crippen LogP contribution in [0.1, 0.15) is 38.3 Å². The SMILES string of the molecule is CCC(C)(C)NC(=O)CN1CCN(Cc2cc(OC)c(OC)cc2C)CC1. The fraction of sp³-hybridized carbons (Fsp3) is 0.667. The van der Waals surface area contributed by atoms with E-state index in [1.807, 2.05) is 6.07 Å². The highest BCUT2D eigenvalue weighted by Gasteiger charge is 2.23. The van der Waals surface area contributed by atoms with Crippen LogP contribution in [0.4, 0.5) is 0 Å². The molecule has 0 aliphatic carbocycles. The molecule has 1 aliphatic rings. The molecule has 1 fully saturated rings. The summed E-state index contributed by atoms with van der Waals surface area (Å²) in [7, 11) is 3.33. The van der Waals surface area contributed by atoms with Gasteiger partial charge in [-0.3, -0.25) is 14.6 Å². The predicted octanol–water partition coefficient (Wildman–Crippen LogP) is 2.43. The summed E-state index contributed by atoms with van der Waals surface area (Å²) < 4.78 is 10.8. The van der Waals surface area contributed by atoms with Crippen molar-refractivity contribution in [3.63, 3.8) is 0 Å². The van der Waals surface area contributed by atoms with Crippen LogP contribution >= 0.6 is 0 Å². The molecule has 1 saturated heterocycles. The molecule has 0 atom stereocenters. The molecule has 6 heteroatoms. The lowest BCUT2D eigenvalue weighted by atomic mass is 10.0. The number of carbonyl (C=O) groups is 1. The van der Waals surface area contributed by atoms with Crippen LogP contribution in [0.3, 0.4) is 0 Å². The Morgan fingerprint density at radius 3 is 2.19 bits per heavy atom. The second-order valence-electron chi connectivity index (χ2n) is 7.97. The lowest BCUT2D eigenvalue weighted by Gasteiger charge is -2.35. The van der Waals surface area contributed by atoms with Gasteiger partial charge in [0.1, 0.15) is 0 Å². The van der Waals surface area contributed by atoms with Crippen molar-refractivity contribution in [1.29, 1.82) is 0 Å². The van der Waals surface area contributed by atoms with Crippen LogP contribution < -0.4 is 14.8 Å². The highest BCUT2D eigenvalue weighted by atomic mass is 16.5. The minimum absolute atomic E-state index is 0.117. The Balaban J connectivity index is 1.87. The van der Waals surface area contributed by atoms with Crippen LogP contribution in [0, 0.1) is 6.92 Å². The van der Waals surface area contributed by atoms with Crippen molar-refractivity contribution in [3.8, 4) is 11.5 Å². The number of nitrogens with zero attached hydrogens (tertiary/aromatic N) is 2. The van der Waals surface area contributed by atoms with E-state index in [0.29, 0.717) is 6.54 Å². The molecule has 0 spiro atoms. The lowest BCUT2D eigenvalue weighted by Crippen LogP contribution is -2.52. The Kier molecular flexibility index (Phi) is 7.50. The maximum atomic E-state index is 12.2. The van der Waals surface area contributed by atoms with Gasteiger partial charge in [0.2, 0.25) is 5.91 Å². The van der Waals surface area contributed by atoms with Gasteiger partial charge < -0.3 is 14.8 Å². The maximum Gasteiger partial charge on any atom is 0.234 e. The summed E-state index contributed by atoms with van der Waals surface area (Å²) in [5.41, 5.74) is 2.32. The first-order valence-electron chi connectivity index (χ1n) is 9.75. The summed E-state index contributed by atoms with van der Waals surface area (Å²) in [6.45, 7) is 13.4. The number of carbonyl (C=O) groups excluding carboxylic acids is 1. The molecule has 0 radical (unpaired) electrons. The van der Waals surface area contributed by atoms with Crippen molar-refractivity contribution in [3.05, 3.63) is 23.3 Å². The van der Waals surface area contributed by atoms with Gasteiger partial charge in [0, 0.05) is 38.3 Å². The molecule has 1 aromatic rings. The van der Waals surface area contributed by atoms with E-state index in [0.717, 1.165) is 50.6 Å². The first kappa shape index (κ1) is 21.5. The van der Waals surface area contributed by atoms with E-state index in [1.165, 1.54) is 11.1 Å². The zero-order valence-corrected chi connectivity index (χ0v) is 17.7. The van der Waals surface area contributed by atoms with Gasteiger partial charge in [-0.15, -0.1) is 0 Å². The molecule has 1 amide bonds. The molecule has 0 bridgehead atoms. The Morgan fingerprint density at radius 2 is 1.63 bits per heavy atom. The van der Waals surface area contributed by atoms with Gasteiger partial charge in [-0.1, -0.05) is 6.92 Å². The number of hydrogen-bond donors (Lipinski definition) is 1. The third kappa shape index (κ3) is 6.11.